The van der Waals surface area contributed by atoms with Gasteiger partial charge in [0.25, 0.3) is 0 Å². The molecule has 1 aliphatic rings. The summed E-state index contributed by atoms with van der Waals surface area (Å²) in [6.07, 6.45) is 4.86. The Morgan fingerprint density at radius 2 is 1.94 bits per heavy atom. The Balaban J connectivity index is 1.51. The lowest BCUT2D eigenvalue weighted by molar-refractivity contribution is 0.315. The van der Waals surface area contributed by atoms with E-state index < -0.39 is 0 Å². The minimum Gasteiger partial charge on any atom is -0.369 e. The van der Waals surface area contributed by atoms with Crippen molar-refractivity contribution in [3.63, 3.8) is 0 Å². The molecule has 1 saturated heterocycles. The second kappa shape index (κ2) is 7.70. The third kappa shape index (κ3) is 3.63. The van der Waals surface area contributed by atoms with Gasteiger partial charge in [-0.1, -0.05) is 0 Å². The van der Waals surface area contributed by atoms with Crippen LogP contribution < -0.4 is 4.90 Å². The average Bonchev–Trinajstić information content (AvgIpc) is 3.45. The Kier molecular flexibility index (Phi) is 4.86. The molecule has 0 radical (unpaired) electrons. The van der Waals surface area contributed by atoms with Gasteiger partial charge in [0.05, 0.1) is 40.0 Å². The van der Waals surface area contributed by atoms with Crippen LogP contribution in [-0.4, -0.2) is 63.3 Å². The molecule has 0 unspecified atom stereocenters. The van der Waals surface area contributed by atoms with Crippen molar-refractivity contribution >= 4 is 16.7 Å². The Labute approximate surface area is 180 Å². The number of aromatic amines is 1. The highest BCUT2D eigenvalue weighted by Gasteiger charge is 2.24. The predicted molar refractivity (Wildman–Crippen MR) is 119 cm³/mol. The summed E-state index contributed by atoms with van der Waals surface area (Å²) in [5, 5.41) is 7.24. The number of H-pyrrole nitrogens is 1. The lowest BCUT2D eigenvalue weighted by atomic mass is 10.1. The SMILES string of the molecule is Cc1nc(-c2n[nH]cc2-c2ccc3ncc(N4CC[C@H](N(C)C)C4)cc3n2)ccc1F. The minimum atomic E-state index is -0.332. The van der Waals surface area contributed by atoms with Crippen molar-refractivity contribution in [3.8, 4) is 22.6 Å². The summed E-state index contributed by atoms with van der Waals surface area (Å²) in [6.45, 7) is 3.64. The molecule has 0 aromatic carbocycles. The summed E-state index contributed by atoms with van der Waals surface area (Å²) < 4.78 is 13.7. The molecule has 0 bridgehead atoms. The predicted octanol–water partition coefficient (Wildman–Crippen LogP) is 3.67. The van der Waals surface area contributed by atoms with Gasteiger partial charge in [0.2, 0.25) is 0 Å². The van der Waals surface area contributed by atoms with Crippen LogP contribution in [0.15, 0.2) is 42.7 Å². The standard InChI is InChI=1S/C23H24FN7/c1-14-18(24)4-5-21(27-14)23-17(12-26-29-23)19-6-7-20-22(28-19)10-16(11-25-20)31-9-8-15(13-31)30(2)3/h4-7,10-12,15H,8-9,13H2,1-3H3,(H,26,29)/t15-/m0/s1. The van der Waals surface area contributed by atoms with Gasteiger partial charge in [-0.25, -0.2) is 14.4 Å². The number of nitrogens with zero attached hydrogens (tertiary/aromatic N) is 6. The number of nitrogens with one attached hydrogen (secondary N) is 1. The van der Waals surface area contributed by atoms with E-state index in [0.29, 0.717) is 23.1 Å². The van der Waals surface area contributed by atoms with Gasteiger partial charge in [-0.3, -0.25) is 10.1 Å². The zero-order valence-electron chi connectivity index (χ0n) is 17.8. The molecule has 7 nitrogen and oxygen atoms in total. The molecule has 31 heavy (non-hydrogen) atoms. The summed E-state index contributed by atoms with van der Waals surface area (Å²) in [4.78, 5) is 18.5. The average molecular weight is 417 g/mol. The summed E-state index contributed by atoms with van der Waals surface area (Å²) in [5.41, 5.74) is 5.95. The van der Waals surface area contributed by atoms with Crippen LogP contribution in [0.5, 0.6) is 0 Å². The molecule has 1 N–H and O–H groups in total. The molecule has 0 saturated carbocycles. The van der Waals surface area contributed by atoms with Crippen LogP contribution in [0.3, 0.4) is 0 Å². The molecule has 1 atom stereocenters. The van der Waals surface area contributed by atoms with Gasteiger partial charge in [0, 0.05) is 30.9 Å². The van der Waals surface area contributed by atoms with Crippen molar-refractivity contribution in [1.29, 1.82) is 0 Å². The molecule has 8 heteroatoms. The third-order valence-corrected chi connectivity index (χ3v) is 5.96. The van der Waals surface area contributed by atoms with Crippen molar-refractivity contribution in [2.75, 3.05) is 32.1 Å². The van der Waals surface area contributed by atoms with E-state index >= 15 is 0 Å². The highest BCUT2D eigenvalue weighted by molar-refractivity contribution is 5.84. The van der Waals surface area contributed by atoms with Gasteiger partial charge in [-0.15, -0.1) is 0 Å². The number of halogens is 1. The summed E-state index contributed by atoms with van der Waals surface area (Å²) >= 11 is 0. The van der Waals surface area contributed by atoms with Crippen molar-refractivity contribution in [1.82, 2.24) is 30.0 Å². The highest BCUT2D eigenvalue weighted by Crippen LogP contribution is 2.30. The smallest absolute Gasteiger partial charge is 0.144 e. The quantitative estimate of drug-likeness (QED) is 0.546. The van der Waals surface area contributed by atoms with Crippen LogP contribution in [-0.2, 0) is 0 Å². The molecule has 0 spiro atoms. The second-order valence-electron chi connectivity index (χ2n) is 8.19. The number of pyridine rings is 3. The van der Waals surface area contributed by atoms with Crippen molar-refractivity contribution in [2.24, 2.45) is 0 Å². The van der Waals surface area contributed by atoms with E-state index in [4.69, 9.17) is 4.98 Å². The lowest BCUT2D eigenvalue weighted by Crippen LogP contribution is -2.31. The zero-order valence-corrected chi connectivity index (χ0v) is 17.8. The van der Waals surface area contributed by atoms with Crippen LogP contribution in [0.25, 0.3) is 33.7 Å². The van der Waals surface area contributed by atoms with Gasteiger partial charge in [-0.2, -0.15) is 5.10 Å². The van der Waals surface area contributed by atoms with Gasteiger partial charge in [0.1, 0.15) is 11.5 Å². The largest absolute Gasteiger partial charge is 0.369 e. The number of fused-ring (bicyclic) bond motifs is 1. The van der Waals surface area contributed by atoms with Gasteiger partial charge in [0.15, 0.2) is 0 Å². The van der Waals surface area contributed by atoms with Crippen LogP contribution in [0.1, 0.15) is 12.1 Å². The Bertz CT molecular complexity index is 1250. The van der Waals surface area contributed by atoms with Crippen LogP contribution in [0.2, 0.25) is 0 Å². The Hall–Kier alpha value is -3.39. The fraction of sp³-hybridized carbons (Fsp3) is 0.304. The molecule has 5 rings (SSSR count). The summed E-state index contributed by atoms with van der Waals surface area (Å²) in [6, 6.07) is 9.60. The third-order valence-electron chi connectivity index (χ3n) is 5.96. The first-order valence-electron chi connectivity index (χ1n) is 10.4. The van der Waals surface area contributed by atoms with E-state index in [0.717, 1.165) is 47.5 Å². The first-order chi connectivity index (χ1) is 15.0. The fourth-order valence-electron chi connectivity index (χ4n) is 4.07. The van der Waals surface area contributed by atoms with Gasteiger partial charge >= 0.3 is 0 Å². The highest BCUT2D eigenvalue weighted by atomic mass is 19.1. The number of anilines is 1. The number of hydrogen-bond acceptors (Lipinski definition) is 6. The molecule has 0 aliphatic carbocycles. The summed E-state index contributed by atoms with van der Waals surface area (Å²) in [5.74, 6) is -0.332. The minimum absolute atomic E-state index is 0.332. The lowest BCUT2D eigenvalue weighted by Gasteiger charge is -2.21. The van der Waals surface area contributed by atoms with E-state index in [-0.39, 0.29) is 5.82 Å². The second-order valence-corrected chi connectivity index (χ2v) is 8.19. The van der Waals surface area contributed by atoms with E-state index in [1.54, 1.807) is 19.2 Å². The monoisotopic (exact) mass is 417 g/mol. The first kappa shape index (κ1) is 19.6. The van der Waals surface area contributed by atoms with Gasteiger partial charge in [-0.05, 0) is 57.8 Å². The maximum absolute atomic E-state index is 13.7. The van der Waals surface area contributed by atoms with Crippen molar-refractivity contribution in [3.05, 3.63) is 54.2 Å². The zero-order chi connectivity index (χ0) is 21.5. The van der Waals surface area contributed by atoms with E-state index in [1.807, 2.05) is 18.3 Å². The maximum atomic E-state index is 13.7. The molecular formula is C23H24FN7. The molecular weight excluding hydrogens is 393 g/mol. The number of hydrogen-bond donors (Lipinski definition) is 1. The molecule has 5 heterocycles. The number of likely N-dealkylation sites (N-methyl/N-ethyl adjacent to an activating group) is 1. The first-order valence-corrected chi connectivity index (χ1v) is 10.4. The molecule has 0 amide bonds. The molecule has 4 aromatic heterocycles. The van der Waals surface area contributed by atoms with Crippen LogP contribution >= 0.6 is 0 Å². The molecule has 1 aliphatic heterocycles. The fourth-order valence-corrected chi connectivity index (χ4v) is 4.07. The van der Waals surface area contributed by atoms with Crippen LogP contribution in [0, 0.1) is 12.7 Å². The van der Waals surface area contributed by atoms with E-state index in [2.05, 4.69) is 50.1 Å². The maximum Gasteiger partial charge on any atom is 0.144 e. The number of aromatic nitrogens is 5. The van der Waals surface area contributed by atoms with Crippen molar-refractivity contribution in [2.45, 2.75) is 19.4 Å². The van der Waals surface area contributed by atoms with E-state index in [9.17, 15) is 4.39 Å². The number of rotatable bonds is 4. The van der Waals surface area contributed by atoms with Crippen LogP contribution in [0.4, 0.5) is 10.1 Å². The topological polar surface area (TPSA) is 73.8 Å². The van der Waals surface area contributed by atoms with Crippen molar-refractivity contribution < 1.29 is 4.39 Å². The molecule has 4 aromatic rings. The molecule has 1 fully saturated rings. The Morgan fingerprint density at radius 1 is 1.10 bits per heavy atom. The molecule has 158 valence electrons. The van der Waals surface area contributed by atoms with E-state index in [1.165, 1.54) is 6.07 Å². The Morgan fingerprint density at radius 3 is 2.71 bits per heavy atom. The summed E-state index contributed by atoms with van der Waals surface area (Å²) in [7, 11) is 4.25. The number of aryl methyl sites for hydroxylation is 1. The van der Waals surface area contributed by atoms with Gasteiger partial charge < -0.3 is 9.80 Å². The normalized spacial score (nSPS) is 16.5.